The summed E-state index contributed by atoms with van der Waals surface area (Å²) in [6.45, 7) is 4.55. The zero-order chi connectivity index (χ0) is 11.5. The molecule has 0 heterocycles. The zero-order valence-electron chi connectivity index (χ0n) is 9.70. The van der Waals surface area contributed by atoms with Crippen molar-refractivity contribution in [3.05, 3.63) is 0 Å². The Morgan fingerprint density at radius 2 is 2.13 bits per heavy atom. The van der Waals surface area contributed by atoms with Crippen molar-refractivity contribution in [1.29, 1.82) is 0 Å². The number of carbonyl (C=O) groups excluding carboxylic acids is 1. The first-order chi connectivity index (χ1) is 7.20. The van der Waals surface area contributed by atoms with Gasteiger partial charge in [0.1, 0.15) is 0 Å². The van der Waals surface area contributed by atoms with Gasteiger partial charge in [-0.2, -0.15) is 11.8 Å². The predicted molar refractivity (Wildman–Crippen MR) is 64.1 cm³/mol. The van der Waals surface area contributed by atoms with Crippen molar-refractivity contribution in [3.63, 3.8) is 0 Å². The van der Waals surface area contributed by atoms with E-state index in [4.69, 9.17) is 4.74 Å². The molecular formula is C11H22O3S. The lowest BCUT2D eigenvalue weighted by Gasteiger charge is -2.09. The molecule has 0 amide bonds. The normalized spacial score (nSPS) is 12.5. The molecule has 0 aliphatic rings. The molecule has 0 radical (unpaired) electrons. The van der Waals surface area contributed by atoms with Gasteiger partial charge in [-0.15, -0.1) is 0 Å². The van der Waals surface area contributed by atoms with Crippen molar-refractivity contribution >= 4 is 17.7 Å². The summed E-state index contributed by atoms with van der Waals surface area (Å²) in [5, 5.41) is 9.53. The Labute approximate surface area is 96.6 Å². The molecule has 1 unspecified atom stereocenters. The molecule has 0 aliphatic heterocycles. The summed E-state index contributed by atoms with van der Waals surface area (Å²) < 4.78 is 4.91. The van der Waals surface area contributed by atoms with Crippen LogP contribution in [0.1, 0.15) is 39.5 Å². The van der Waals surface area contributed by atoms with Crippen LogP contribution in [0, 0.1) is 0 Å². The fourth-order valence-electron chi connectivity index (χ4n) is 1.08. The van der Waals surface area contributed by atoms with Crippen molar-refractivity contribution < 1.29 is 14.6 Å². The molecule has 0 fully saturated rings. The monoisotopic (exact) mass is 234 g/mol. The molecule has 1 atom stereocenters. The Bertz CT molecular complexity index is 162. The second-order valence-corrected chi connectivity index (χ2v) is 4.79. The number of hydrogen-bond acceptors (Lipinski definition) is 4. The highest BCUT2D eigenvalue weighted by molar-refractivity contribution is 7.99. The van der Waals surface area contributed by atoms with Gasteiger partial charge in [0.25, 0.3) is 0 Å². The fraction of sp³-hybridized carbons (Fsp3) is 0.909. The maximum atomic E-state index is 11.1. The molecule has 0 aromatic heterocycles. The summed E-state index contributed by atoms with van der Waals surface area (Å²) in [5.41, 5.74) is 0. The van der Waals surface area contributed by atoms with Crippen molar-refractivity contribution in [2.24, 2.45) is 0 Å². The second-order valence-electron chi connectivity index (χ2n) is 3.40. The first-order valence-electron chi connectivity index (χ1n) is 5.62. The van der Waals surface area contributed by atoms with Crippen LogP contribution in [0.2, 0.25) is 0 Å². The lowest BCUT2D eigenvalue weighted by Crippen LogP contribution is -2.12. The van der Waals surface area contributed by atoms with Gasteiger partial charge in [0.2, 0.25) is 0 Å². The van der Waals surface area contributed by atoms with Gasteiger partial charge in [-0.3, -0.25) is 4.79 Å². The largest absolute Gasteiger partial charge is 0.466 e. The molecule has 0 saturated heterocycles. The third-order valence-electron chi connectivity index (χ3n) is 1.95. The quantitative estimate of drug-likeness (QED) is 0.491. The van der Waals surface area contributed by atoms with E-state index < -0.39 is 0 Å². The van der Waals surface area contributed by atoms with Gasteiger partial charge in [-0.05, 0) is 30.8 Å². The van der Waals surface area contributed by atoms with Crippen LogP contribution in [-0.2, 0) is 9.53 Å². The highest BCUT2D eigenvalue weighted by atomic mass is 32.2. The van der Waals surface area contributed by atoms with Crippen LogP contribution in [0.15, 0.2) is 0 Å². The maximum Gasteiger partial charge on any atom is 0.305 e. The number of rotatable bonds is 9. The average Bonchev–Trinajstić information content (AvgIpc) is 2.24. The summed E-state index contributed by atoms with van der Waals surface area (Å²) >= 11 is 1.81. The summed E-state index contributed by atoms with van der Waals surface area (Å²) in [6.07, 6.45) is 2.10. The number of ether oxygens (including phenoxy) is 1. The molecular weight excluding hydrogens is 212 g/mol. The minimum atomic E-state index is -0.363. The van der Waals surface area contributed by atoms with Crippen molar-refractivity contribution in [2.75, 3.05) is 18.1 Å². The Morgan fingerprint density at radius 3 is 2.73 bits per heavy atom. The molecule has 3 nitrogen and oxygen atoms in total. The van der Waals surface area contributed by atoms with E-state index in [0.717, 1.165) is 24.3 Å². The summed E-state index contributed by atoms with van der Waals surface area (Å²) in [7, 11) is 0. The molecule has 0 aromatic carbocycles. The third-order valence-corrected chi connectivity index (χ3v) is 2.88. The first-order valence-corrected chi connectivity index (χ1v) is 6.77. The van der Waals surface area contributed by atoms with Crippen molar-refractivity contribution in [1.82, 2.24) is 0 Å². The summed E-state index contributed by atoms with van der Waals surface area (Å²) in [5.74, 6) is 1.84. The van der Waals surface area contributed by atoms with Gasteiger partial charge in [-0.25, -0.2) is 0 Å². The minimum Gasteiger partial charge on any atom is -0.466 e. The Kier molecular flexibility index (Phi) is 10.2. The minimum absolute atomic E-state index is 0.195. The van der Waals surface area contributed by atoms with E-state index in [0.29, 0.717) is 19.4 Å². The van der Waals surface area contributed by atoms with E-state index in [1.807, 2.05) is 18.7 Å². The maximum absolute atomic E-state index is 11.1. The van der Waals surface area contributed by atoms with Crippen LogP contribution in [0.3, 0.4) is 0 Å². The van der Waals surface area contributed by atoms with Crippen LogP contribution in [0.25, 0.3) is 0 Å². The summed E-state index contributed by atoms with van der Waals surface area (Å²) in [6, 6.07) is 0. The Morgan fingerprint density at radius 1 is 1.40 bits per heavy atom. The smallest absolute Gasteiger partial charge is 0.305 e. The van der Waals surface area contributed by atoms with Crippen LogP contribution in [-0.4, -0.2) is 35.3 Å². The van der Waals surface area contributed by atoms with E-state index in [1.54, 1.807) is 0 Å². The molecule has 0 saturated carbocycles. The number of thioether (sulfide) groups is 1. The van der Waals surface area contributed by atoms with Gasteiger partial charge in [0.15, 0.2) is 0 Å². The third kappa shape index (κ3) is 10.1. The number of aliphatic hydroxyl groups excluding tert-OH is 1. The van der Waals surface area contributed by atoms with E-state index in [9.17, 15) is 9.90 Å². The van der Waals surface area contributed by atoms with Gasteiger partial charge in [-0.1, -0.05) is 13.8 Å². The molecule has 0 rings (SSSR count). The molecule has 0 aliphatic carbocycles. The SMILES string of the molecule is CCCOC(=O)CCC(O)CCSCC. The predicted octanol–water partition coefficient (Wildman–Crippen LogP) is 2.22. The van der Waals surface area contributed by atoms with Crippen LogP contribution in [0.5, 0.6) is 0 Å². The summed E-state index contributed by atoms with van der Waals surface area (Å²) in [4.78, 5) is 11.1. The molecule has 90 valence electrons. The Hall–Kier alpha value is -0.220. The molecule has 1 N–H and O–H groups in total. The highest BCUT2D eigenvalue weighted by Gasteiger charge is 2.08. The van der Waals surface area contributed by atoms with Gasteiger partial charge in [0.05, 0.1) is 12.7 Å². The standard InChI is InChI=1S/C11H22O3S/c1-3-8-14-11(13)6-5-10(12)7-9-15-4-2/h10,12H,3-9H2,1-2H3. The first kappa shape index (κ1) is 14.8. The number of aliphatic hydroxyl groups is 1. The Balaban J connectivity index is 3.36. The molecule has 4 heteroatoms. The topological polar surface area (TPSA) is 46.5 Å². The van der Waals surface area contributed by atoms with Gasteiger partial charge >= 0.3 is 5.97 Å². The molecule has 15 heavy (non-hydrogen) atoms. The highest BCUT2D eigenvalue weighted by Crippen LogP contribution is 2.08. The van der Waals surface area contributed by atoms with Crippen molar-refractivity contribution in [2.45, 2.75) is 45.6 Å². The van der Waals surface area contributed by atoms with E-state index in [-0.39, 0.29) is 12.1 Å². The number of esters is 1. The lowest BCUT2D eigenvalue weighted by atomic mass is 10.1. The van der Waals surface area contributed by atoms with E-state index in [2.05, 4.69) is 6.92 Å². The molecule has 0 bridgehead atoms. The lowest BCUT2D eigenvalue weighted by molar-refractivity contribution is -0.144. The second kappa shape index (κ2) is 10.3. The van der Waals surface area contributed by atoms with Crippen LogP contribution >= 0.6 is 11.8 Å². The number of carbonyl (C=O) groups is 1. The van der Waals surface area contributed by atoms with E-state index in [1.165, 1.54) is 0 Å². The van der Waals surface area contributed by atoms with Crippen LogP contribution < -0.4 is 0 Å². The average molecular weight is 234 g/mol. The zero-order valence-corrected chi connectivity index (χ0v) is 10.5. The van der Waals surface area contributed by atoms with E-state index >= 15 is 0 Å². The molecule has 0 aromatic rings. The fourth-order valence-corrected chi connectivity index (χ4v) is 1.81. The van der Waals surface area contributed by atoms with Gasteiger partial charge in [0, 0.05) is 6.42 Å². The van der Waals surface area contributed by atoms with Crippen molar-refractivity contribution in [3.8, 4) is 0 Å². The number of hydrogen-bond donors (Lipinski definition) is 1. The van der Waals surface area contributed by atoms with Crippen LogP contribution in [0.4, 0.5) is 0 Å². The molecule has 0 spiro atoms. The van der Waals surface area contributed by atoms with Gasteiger partial charge < -0.3 is 9.84 Å².